The fraction of sp³-hybridized carbons (Fsp3) is 0.368. The maximum atomic E-state index is 12.2. The second-order valence-electron chi connectivity index (χ2n) is 6.59. The van der Waals surface area contributed by atoms with Crippen molar-refractivity contribution in [2.75, 3.05) is 0 Å². The minimum Gasteiger partial charge on any atom is -0.465 e. The Morgan fingerprint density at radius 2 is 2.08 bits per heavy atom. The van der Waals surface area contributed by atoms with Crippen molar-refractivity contribution >= 4 is 11.9 Å². The van der Waals surface area contributed by atoms with Gasteiger partial charge in [-0.05, 0) is 32.1 Å². The van der Waals surface area contributed by atoms with Crippen molar-refractivity contribution < 1.29 is 23.8 Å². The van der Waals surface area contributed by atoms with Gasteiger partial charge in [0.15, 0.2) is 0 Å². The van der Waals surface area contributed by atoms with Crippen LogP contribution >= 0.6 is 0 Å². The normalized spacial score (nSPS) is 21.2. The molecule has 24 heavy (non-hydrogen) atoms. The molecule has 0 unspecified atom stereocenters. The van der Waals surface area contributed by atoms with E-state index in [1.165, 1.54) is 0 Å². The number of allylic oxidation sites excluding steroid dienone is 2. The van der Waals surface area contributed by atoms with Gasteiger partial charge in [-0.3, -0.25) is 0 Å². The molecule has 0 fully saturated rings. The van der Waals surface area contributed by atoms with Gasteiger partial charge in [-0.25, -0.2) is 9.59 Å². The number of hydrogen-bond donors (Lipinski definition) is 0. The molecule has 0 aromatic heterocycles. The Bertz CT molecular complexity index is 770. The first-order chi connectivity index (χ1) is 11.3. The molecule has 0 spiro atoms. The lowest BCUT2D eigenvalue weighted by Crippen LogP contribution is -2.37. The fourth-order valence-corrected chi connectivity index (χ4v) is 2.71. The Balaban J connectivity index is 1.89. The molecule has 2 heterocycles. The molecule has 1 aromatic rings. The maximum Gasteiger partial charge on any atom is 0.353 e. The van der Waals surface area contributed by atoms with Gasteiger partial charge in [0.2, 0.25) is 6.10 Å². The van der Waals surface area contributed by atoms with E-state index in [-0.39, 0.29) is 11.8 Å². The van der Waals surface area contributed by atoms with Crippen LogP contribution in [-0.4, -0.2) is 18.0 Å². The molecule has 0 aliphatic carbocycles. The molecule has 2 aliphatic heterocycles. The quantitative estimate of drug-likeness (QED) is 0.474. The van der Waals surface area contributed by atoms with Gasteiger partial charge in [-0.15, -0.1) is 0 Å². The Morgan fingerprint density at radius 3 is 2.79 bits per heavy atom. The molecule has 3 rings (SSSR count). The van der Waals surface area contributed by atoms with Gasteiger partial charge in [0.05, 0.1) is 6.26 Å². The topological polar surface area (TPSA) is 61.8 Å². The van der Waals surface area contributed by atoms with Crippen LogP contribution < -0.4 is 9.47 Å². The number of benzene rings is 1. The Kier molecular flexibility index (Phi) is 3.95. The van der Waals surface area contributed by atoms with Gasteiger partial charge in [-0.2, -0.15) is 0 Å². The summed E-state index contributed by atoms with van der Waals surface area (Å²) in [7, 11) is 0. The van der Waals surface area contributed by atoms with Crippen molar-refractivity contribution in [2.45, 2.75) is 45.6 Å². The van der Waals surface area contributed by atoms with Crippen molar-refractivity contribution in [3.05, 3.63) is 47.2 Å². The zero-order valence-electron chi connectivity index (χ0n) is 14.2. The number of esters is 2. The summed E-state index contributed by atoms with van der Waals surface area (Å²) in [6, 6.07) is 3.69. The molecular formula is C19H20O5. The summed E-state index contributed by atoms with van der Waals surface area (Å²) >= 11 is 0. The van der Waals surface area contributed by atoms with Gasteiger partial charge in [0.25, 0.3) is 0 Å². The Labute approximate surface area is 140 Å². The van der Waals surface area contributed by atoms with E-state index < -0.39 is 18.0 Å². The predicted octanol–water partition coefficient (Wildman–Crippen LogP) is 3.21. The van der Waals surface area contributed by atoms with Crippen molar-refractivity contribution in [1.82, 2.24) is 0 Å². The second-order valence-corrected chi connectivity index (χ2v) is 6.59. The van der Waals surface area contributed by atoms with Gasteiger partial charge >= 0.3 is 11.9 Å². The van der Waals surface area contributed by atoms with Crippen LogP contribution in [-0.2, 0) is 26.2 Å². The summed E-state index contributed by atoms with van der Waals surface area (Å²) in [6.07, 6.45) is 4.60. The lowest BCUT2D eigenvalue weighted by atomic mass is 9.82. The van der Waals surface area contributed by atoms with E-state index in [2.05, 4.69) is 13.8 Å². The third-order valence-corrected chi connectivity index (χ3v) is 4.42. The first-order valence-electron chi connectivity index (χ1n) is 7.89. The molecular weight excluding hydrogens is 308 g/mol. The van der Waals surface area contributed by atoms with Crippen LogP contribution in [0.3, 0.4) is 0 Å². The largest absolute Gasteiger partial charge is 0.465 e. The van der Waals surface area contributed by atoms with E-state index in [1.54, 1.807) is 26.2 Å². The lowest BCUT2D eigenvalue weighted by molar-refractivity contribution is -0.160. The monoisotopic (exact) mass is 328 g/mol. The van der Waals surface area contributed by atoms with Crippen molar-refractivity contribution in [1.29, 1.82) is 0 Å². The Morgan fingerprint density at radius 1 is 1.33 bits per heavy atom. The number of rotatable bonds is 2. The molecule has 2 aliphatic rings. The van der Waals surface area contributed by atoms with Gasteiger partial charge < -0.3 is 14.2 Å². The molecule has 0 saturated heterocycles. The SMILES string of the molecule is C/C=C(\C)C(=O)O[C@H]1Cc2cc3c(cc2OC1=O)C(C)(C)C=CO3. The summed E-state index contributed by atoms with van der Waals surface area (Å²) in [5, 5.41) is 0. The number of carbonyl (C=O) groups excluding carboxylic acids is 2. The van der Waals surface area contributed by atoms with Crippen molar-refractivity contribution in [2.24, 2.45) is 0 Å². The highest BCUT2D eigenvalue weighted by Gasteiger charge is 2.35. The van der Waals surface area contributed by atoms with E-state index in [0.717, 1.165) is 16.9 Å². The molecule has 1 atom stereocenters. The predicted molar refractivity (Wildman–Crippen MR) is 87.9 cm³/mol. The van der Waals surface area contributed by atoms with E-state index in [0.29, 0.717) is 11.3 Å². The highest BCUT2D eigenvalue weighted by atomic mass is 16.6. The zero-order valence-corrected chi connectivity index (χ0v) is 14.2. The van der Waals surface area contributed by atoms with E-state index >= 15 is 0 Å². The zero-order chi connectivity index (χ0) is 17.5. The van der Waals surface area contributed by atoms with E-state index in [9.17, 15) is 9.59 Å². The molecule has 0 N–H and O–H groups in total. The molecule has 5 nitrogen and oxygen atoms in total. The summed E-state index contributed by atoms with van der Waals surface area (Å²) in [6.45, 7) is 7.51. The minimum atomic E-state index is -0.940. The molecule has 0 saturated carbocycles. The standard InChI is InChI=1S/C19H20O5/c1-5-11(2)17(20)24-16-9-12-8-15-13(10-14(12)23-18(16)21)19(3,4)6-7-22-15/h5-8,10,16H,9H2,1-4H3/b11-5+/t16-/m0/s1. The fourth-order valence-electron chi connectivity index (χ4n) is 2.71. The first-order valence-corrected chi connectivity index (χ1v) is 7.89. The van der Waals surface area contributed by atoms with Crippen LogP contribution in [0.15, 0.2) is 36.1 Å². The molecule has 1 aromatic carbocycles. The third-order valence-electron chi connectivity index (χ3n) is 4.42. The average molecular weight is 328 g/mol. The molecule has 0 radical (unpaired) electrons. The van der Waals surface area contributed by atoms with Crippen LogP contribution in [0, 0.1) is 0 Å². The van der Waals surface area contributed by atoms with Gasteiger partial charge in [0.1, 0.15) is 11.5 Å². The summed E-state index contributed by atoms with van der Waals surface area (Å²) in [5.41, 5.74) is 1.99. The second kappa shape index (κ2) is 5.82. The number of fused-ring (bicyclic) bond motifs is 2. The first kappa shape index (κ1) is 16.3. The summed E-state index contributed by atoms with van der Waals surface area (Å²) in [4.78, 5) is 24.1. The minimum absolute atomic E-state index is 0.207. The molecule has 126 valence electrons. The van der Waals surface area contributed by atoms with Crippen LogP contribution in [0.25, 0.3) is 0 Å². The van der Waals surface area contributed by atoms with Crippen molar-refractivity contribution in [3.8, 4) is 11.5 Å². The summed E-state index contributed by atoms with van der Waals surface area (Å²) < 4.78 is 16.3. The molecule has 0 bridgehead atoms. The molecule has 5 heteroatoms. The number of ether oxygens (including phenoxy) is 3. The smallest absolute Gasteiger partial charge is 0.353 e. The van der Waals surface area contributed by atoms with E-state index in [1.807, 2.05) is 18.2 Å². The van der Waals surface area contributed by atoms with Gasteiger partial charge in [0, 0.05) is 28.5 Å². The highest BCUT2D eigenvalue weighted by molar-refractivity contribution is 5.91. The maximum absolute atomic E-state index is 12.2. The van der Waals surface area contributed by atoms with Crippen LogP contribution in [0.1, 0.15) is 38.8 Å². The van der Waals surface area contributed by atoms with Gasteiger partial charge in [-0.1, -0.05) is 19.9 Å². The third kappa shape index (κ3) is 2.82. The van der Waals surface area contributed by atoms with Crippen LogP contribution in [0.2, 0.25) is 0 Å². The van der Waals surface area contributed by atoms with Crippen LogP contribution in [0.5, 0.6) is 11.5 Å². The Hall–Kier alpha value is -2.56. The van der Waals surface area contributed by atoms with Crippen molar-refractivity contribution in [3.63, 3.8) is 0 Å². The highest BCUT2D eigenvalue weighted by Crippen LogP contribution is 2.42. The van der Waals surface area contributed by atoms with E-state index in [4.69, 9.17) is 14.2 Å². The number of hydrogen-bond acceptors (Lipinski definition) is 5. The molecule has 0 amide bonds. The average Bonchev–Trinajstić information content (AvgIpc) is 2.53. The van der Waals surface area contributed by atoms with Crippen LogP contribution in [0.4, 0.5) is 0 Å². The lowest BCUT2D eigenvalue weighted by Gasteiger charge is -2.30. The summed E-state index contributed by atoms with van der Waals surface area (Å²) in [5.74, 6) is 0.167. The number of carbonyl (C=O) groups is 2.